The number of amides is 1. The predicted molar refractivity (Wildman–Crippen MR) is 143 cm³/mol. The summed E-state index contributed by atoms with van der Waals surface area (Å²) in [6.45, 7) is 2.03. The number of rotatable bonds is 11. The third-order valence-corrected chi connectivity index (χ3v) is 7.08. The first kappa shape index (κ1) is 25.9. The molecule has 7 nitrogen and oxygen atoms in total. The van der Waals surface area contributed by atoms with Gasteiger partial charge in [-0.3, -0.25) is 4.79 Å². The number of ether oxygens (including phenoxy) is 2. The highest BCUT2D eigenvalue weighted by molar-refractivity contribution is 7.89. The summed E-state index contributed by atoms with van der Waals surface area (Å²) < 4.78 is 39.3. The molecule has 8 heteroatoms. The van der Waals surface area contributed by atoms with Gasteiger partial charge in [-0.05, 0) is 66.6 Å². The minimum Gasteiger partial charge on any atom is -0.489 e. The van der Waals surface area contributed by atoms with Gasteiger partial charge in [-0.25, -0.2) is 13.1 Å². The number of anilines is 1. The molecule has 4 aromatic rings. The fourth-order valence-corrected chi connectivity index (χ4v) is 4.78. The molecule has 0 saturated heterocycles. The van der Waals surface area contributed by atoms with E-state index in [2.05, 4.69) is 10.0 Å². The standard InChI is InChI=1S/C29H28N2O5S/c1-22(24-10-6-3-7-11-24)31-37(33,34)28-18-16-27(17-19-28)36-21-29(32)30-25-12-14-26(15-13-25)35-20-23-8-4-2-5-9-23/h2-19,22,31H,20-21H2,1H3,(H,30,32)/t22-/m0/s1. The van der Waals surface area contributed by atoms with Crippen LogP contribution in [0.3, 0.4) is 0 Å². The van der Waals surface area contributed by atoms with Crippen molar-refractivity contribution in [1.29, 1.82) is 0 Å². The van der Waals surface area contributed by atoms with Crippen LogP contribution in [-0.2, 0) is 21.4 Å². The fraction of sp³-hybridized carbons (Fsp3) is 0.138. The van der Waals surface area contributed by atoms with E-state index < -0.39 is 10.0 Å². The molecule has 0 unspecified atom stereocenters. The quantitative estimate of drug-likeness (QED) is 0.281. The monoisotopic (exact) mass is 516 g/mol. The van der Waals surface area contributed by atoms with Crippen molar-refractivity contribution in [2.24, 2.45) is 0 Å². The first-order valence-electron chi connectivity index (χ1n) is 11.8. The molecule has 0 spiro atoms. The molecule has 37 heavy (non-hydrogen) atoms. The first-order valence-corrected chi connectivity index (χ1v) is 13.2. The Bertz CT molecular complexity index is 1390. The maximum Gasteiger partial charge on any atom is 0.262 e. The van der Waals surface area contributed by atoms with Crippen LogP contribution in [-0.4, -0.2) is 20.9 Å². The van der Waals surface area contributed by atoms with Crippen molar-refractivity contribution in [2.75, 3.05) is 11.9 Å². The molecule has 2 N–H and O–H groups in total. The maximum atomic E-state index is 12.7. The lowest BCUT2D eigenvalue weighted by atomic mass is 10.1. The Hall–Kier alpha value is -4.14. The number of sulfonamides is 1. The molecule has 1 amide bonds. The number of nitrogens with one attached hydrogen (secondary N) is 2. The number of benzene rings is 4. The molecule has 1 atom stereocenters. The van der Waals surface area contributed by atoms with E-state index in [9.17, 15) is 13.2 Å². The van der Waals surface area contributed by atoms with Gasteiger partial charge in [0.15, 0.2) is 6.61 Å². The second-order valence-electron chi connectivity index (χ2n) is 8.36. The predicted octanol–water partition coefficient (Wildman–Crippen LogP) is 5.32. The van der Waals surface area contributed by atoms with Crippen LogP contribution in [0.25, 0.3) is 0 Å². The molecule has 190 valence electrons. The average molecular weight is 517 g/mol. The Kier molecular flexibility index (Phi) is 8.56. The molecule has 0 aromatic heterocycles. The van der Waals surface area contributed by atoms with Crippen molar-refractivity contribution >= 4 is 21.6 Å². The molecule has 0 heterocycles. The highest BCUT2D eigenvalue weighted by Crippen LogP contribution is 2.20. The molecule has 0 bridgehead atoms. The van der Waals surface area contributed by atoms with Crippen LogP contribution in [0.15, 0.2) is 114 Å². The van der Waals surface area contributed by atoms with E-state index in [4.69, 9.17) is 9.47 Å². The SMILES string of the molecule is C[C@H](NS(=O)(=O)c1ccc(OCC(=O)Nc2ccc(OCc3ccccc3)cc2)cc1)c1ccccc1. The molecular formula is C29H28N2O5S. The van der Waals surface area contributed by atoms with Crippen molar-refractivity contribution < 1.29 is 22.7 Å². The topological polar surface area (TPSA) is 93.7 Å². The second-order valence-corrected chi connectivity index (χ2v) is 10.1. The van der Waals surface area contributed by atoms with Crippen molar-refractivity contribution in [1.82, 2.24) is 4.72 Å². The summed E-state index contributed by atoms with van der Waals surface area (Å²) in [5, 5.41) is 2.76. The van der Waals surface area contributed by atoms with E-state index in [-0.39, 0.29) is 23.5 Å². The smallest absolute Gasteiger partial charge is 0.262 e. The van der Waals surface area contributed by atoms with Crippen LogP contribution in [0, 0.1) is 0 Å². The number of carbonyl (C=O) groups is 1. The summed E-state index contributed by atoms with van der Waals surface area (Å²) >= 11 is 0. The fourth-order valence-electron chi connectivity index (χ4n) is 3.55. The third kappa shape index (κ3) is 7.67. The molecule has 4 rings (SSSR count). The molecule has 4 aromatic carbocycles. The zero-order valence-electron chi connectivity index (χ0n) is 20.3. The Morgan fingerprint density at radius 1 is 0.757 bits per heavy atom. The zero-order valence-corrected chi connectivity index (χ0v) is 21.1. The van der Waals surface area contributed by atoms with Gasteiger partial charge in [0.1, 0.15) is 18.1 Å². The highest BCUT2D eigenvalue weighted by atomic mass is 32.2. The van der Waals surface area contributed by atoms with Crippen molar-refractivity contribution in [2.45, 2.75) is 24.5 Å². The van der Waals surface area contributed by atoms with Crippen LogP contribution in [0.5, 0.6) is 11.5 Å². The molecule has 0 fully saturated rings. The molecular weight excluding hydrogens is 488 g/mol. The van der Waals surface area contributed by atoms with Gasteiger partial charge in [0, 0.05) is 11.7 Å². The van der Waals surface area contributed by atoms with Crippen molar-refractivity contribution in [3.63, 3.8) is 0 Å². The molecule has 0 aliphatic rings. The van der Waals surface area contributed by atoms with E-state index >= 15 is 0 Å². The van der Waals surface area contributed by atoms with E-state index in [0.717, 1.165) is 11.1 Å². The summed E-state index contributed by atoms with van der Waals surface area (Å²) in [7, 11) is -3.72. The van der Waals surface area contributed by atoms with Crippen molar-refractivity contribution in [3.05, 3.63) is 120 Å². The van der Waals surface area contributed by atoms with Gasteiger partial charge < -0.3 is 14.8 Å². The molecule has 0 saturated carbocycles. The minimum absolute atomic E-state index is 0.113. The Balaban J connectivity index is 1.24. The van der Waals surface area contributed by atoms with E-state index in [1.54, 1.807) is 31.2 Å². The summed E-state index contributed by atoms with van der Waals surface area (Å²) in [6, 6.07) is 31.8. The van der Waals surface area contributed by atoms with Crippen LogP contribution in [0.4, 0.5) is 5.69 Å². The van der Waals surface area contributed by atoms with Crippen LogP contribution < -0.4 is 19.5 Å². The van der Waals surface area contributed by atoms with Gasteiger partial charge in [-0.1, -0.05) is 60.7 Å². The Labute approximate surface area is 217 Å². The van der Waals surface area contributed by atoms with E-state index in [1.807, 2.05) is 60.7 Å². The van der Waals surface area contributed by atoms with Crippen LogP contribution in [0.1, 0.15) is 24.1 Å². The molecule has 0 aliphatic carbocycles. The zero-order chi connectivity index (χ0) is 26.1. The minimum atomic E-state index is -3.72. The second kappa shape index (κ2) is 12.2. The van der Waals surface area contributed by atoms with Gasteiger partial charge in [-0.15, -0.1) is 0 Å². The molecule has 0 aliphatic heterocycles. The lowest BCUT2D eigenvalue weighted by molar-refractivity contribution is -0.118. The highest BCUT2D eigenvalue weighted by Gasteiger charge is 2.18. The Morgan fingerprint density at radius 3 is 1.97 bits per heavy atom. The summed E-state index contributed by atoms with van der Waals surface area (Å²) in [5.41, 5.74) is 2.55. The Morgan fingerprint density at radius 2 is 1.32 bits per heavy atom. The van der Waals surface area contributed by atoms with E-state index in [0.29, 0.717) is 23.8 Å². The van der Waals surface area contributed by atoms with Gasteiger partial charge in [0.05, 0.1) is 4.90 Å². The summed E-state index contributed by atoms with van der Waals surface area (Å²) in [6.07, 6.45) is 0. The normalized spacial score (nSPS) is 11.9. The van der Waals surface area contributed by atoms with E-state index in [1.165, 1.54) is 24.3 Å². The number of carbonyl (C=O) groups excluding carboxylic acids is 1. The summed E-state index contributed by atoms with van der Waals surface area (Å²) in [5.74, 6) is 0.740. The average Bonchev–Trinajstić information content (AvgIpc) is 2.92. The summed E-state index contributed by atoms with van der Waals surface area (Å²) in [4.78, 5) is 12.4. The van der Waals surface area contributed by atoms with Crippen molar-refractivity contribution in [3.8, 4) is 11.5 Å². The lowest BCUT2D eigenvalue weighted by Gasteiger charge is -2.15. The van der Waals surface area contributed by atoms with Gasteiger partial charge in [0.2, 0.25) is 10.0 Å². The van der Waals surface area contributed by atoms with Crippen LogP contribution in [0.2, 0.25) is 0 Å². The number of hydrogen-bond acceptors (Lipinski definition) is 5. The van der Waals surface area contributed by atoms with Gasteiger partial charge >= 0.3 is 0 Å². The maximum absolute atomic E-state index is 12.7. The molecule has 0 radical (unpaired) electrons. The largest absolute Gasteiger partial charge is 0.489 e. The number of hydrogen-bond donors (Lipinski definition) is 2. The van der Waals surface area contributed by atoms with Gasteiger partial charge in [-0.2, -0.15) is 0 Å². The van der Waals surface area contributed by atoms with Crippen LogP contribution >= 0.6 is 0 Å². The third-order valence-electron chi connectivity index (χ3n) is 5.52. The lowest BCUT2D eigenvalue weighted by Crippen LogP contribution is -2.26. The van der Waals surface area contributed by atoms with Gasteiger partial charge in [0.25, 0.3) is 5.91 Å². The first-order chi connectivity index (χ1) is 17.9.